The Bertz CT molecular complexity index is 2010. The largest absolute Gasteiger partial charge is 0.483 e. The number of aliphatic carboxylic acids is 1. The smallest absolute Gasteiger partial charge is 0.327 e. The van der Waals surface area contributed by atoms with Crippen LogP contribution in [0.5, 0.6) is 5.75 Å². The van der Waals surface area contributed by atoms with Gasteiger partial charge < -0.3 is 20.1 Å². The number of H-pyrrole nitrogens is 1. The summed E-state index contributed by atoms with van der Waals surface area (Å²) in [7, 11) is -3.88. The van der Waals surface area contributed by atoms with E-state index in [2.05, 4.69) is 10.3 Å². The van der Waals surface area contributed by atoms with E-state index in [-0.39, 0.29) is 45.3 Å². The molecule has 7 rings (SSSR count). The van der Waals surface area contributed by atoms with Crippen molar-refractivity contribution in [2.24, 2.45) is 40.6 Å². The number of carboxylic acids is 1. The number of imide groups is 1. The molecule has 0 radical (unpaired) electrons. The van der Waals surface area contributed by atoms with E-state index in [4.69, 9.17) is 9.88 Å². The predicted molar refractivity (Wildman–Crippen MR) is 175 cm³/mol. The summed E-state index contributed by atoms with van der Waals surface area (Å²) >= 11 is 2.61. The van der Waals surface area contributed by atoms with Crippen LogP contribution in [0.2, 0.25) is 0 Å². The molecule has 4 aliphatic rings. The zero-order valence-electron chi connectivity index (χ0n) is 25.7. The number of fused-ring (bicyclic) bond motifs is 9. The number of sulfonamides is 1. The van der Waals surface area contributed by atoms with Crippen molar-refractivity contribution in [3.8, 4) is 5.75 Å². The first kappa shape index (κ1) is 32.6. The SMILES string of the molecule is CC(C)C(C(=O)O)N1C(=O)C2C3CC(C2C1=O)C1C3Sc2[nH]c(=O)sc2[C@@H]1c1ccccc1OCC(=O)Nc1ccc(S(N)(=O)=O)cc1. The Hall–Kier alpha value is -3.99. The normalized spacial score (nSPS) is 27.8. The molecule has 3 fully saturated rings. The maximum atomic E-state index is 13.9. The fourth-order valence-corrected chi connectivity index (χ4v) is 11.7. The van der Waals surface area contributed by atoms with Crippen molar-refractivity contribution >= 4 is 62.5 Å². The fourth-order valence-electron chi connectivity index (χ4n) is 8.29. The number of amides is 3. The topological polar surface area (TPSA) is 206 Å². The van der Waals surface area contributed by atoms with Crippen molar-refractivity contribution < 1.29 is 37.4 Å². The van der Waals surface area contributed by atoms with Crippen LogP contribution in [0, 0.1) is 35.5 Å². The number of aromatic nitrogens is 1. The Morgan fingerprint density at radius 3 is 2.38 bits per heavy atom. The van der Waals surface area contributed by atoms with Gasteiger partial charge in [-0.15, -0.1) is 11.8 Å². The number of ether oxygens (including phenoxy) is 1. The zero-order chi connectivity index (χ0) is 34.2. The molecule has 3 amide bonds. The average Bonchev–Trinajstić information content (AvgIpc) is 3.76. The molecule has 1 saturated heterocycles. The van der Waals surface area contributed by atoms with E-state index in [1.807, 2.05) is 12.1 Å². The Kier molecular flexibility index (Phi) is 8.04. The monoisotopic (exact) mass is 712 g/mol. The van der Waals surface area contributed by atoms with Crippen LogP contribution in [0.4, 0.5) is 5.69 Å². The summed E-state index contributed by atoms with van der Waals surface area (Å²) in [5.41, 5.74) is 1.08. The highest BCUT2D eigenvalue weighted by Gasteiger charge is 2.70. The van der Waals surface area contributed by atoms with Gasteiger partial charge in [-0.05, 0) is 60.4 Å². The number of hydrogen-bond acceptors (Lipinski definition) is 10. The van der Waals surface area contributed by atoms with E-state index >= 15 is 0 Å². The van der Waals surface area contributed by atoms with Crippen LogP contribution in [0.15, 0.2) is 63.2 Å². The number of aromatic amines is 1. The predicted octanol–water partition coefficient (Wildman–Crippen LogP) is 2.68. The van der Waals surface area contributed by atoms with Crippen LogP contribution < -0.4 is 20.1 Å². The van der Waals surface area contributed by atoms with Gasteiger partial charge in [0.1, 0.15) is 11.8 Å². The second kappa shape index (κ2) is 11.9. The van der Waals surface area contributed by atoms with Crippen LogP contribution in [0.25, 0.3) is 0 Å². The van der Waals surface area contributed by atoms with Gasteiger partial charge in [-0.1, -0.05) is 43.4 Å². The van der Waals surface area contributed by atoms with E-state index in [0.717, 1.165) is 26.7 Å². The van der Waals surface area contributed by atoms with Gasteiger partial charge in [0.15, 0.2) is 6.61 Å². The van der Waals surface area contributed by atoms with E-state index < -0.39 is 57.5 Å². The van der Waals surface area contributed by atoms with Gasteiger partial charge in [0.05, 0.1) is 21.8 Å². The minimum atomic E-state index is -3.88. The quantitative estimate of drug-likeness (QED) is 0.239. The second-order valence-electron chi connectivity index (χ2n) is 13.0. The van der Waals surface area contributed by atoms with Gasteiger partial charge in [-0.2, -0.15) is 0 Å². The van der Waals surface area contributed by atoms with Gasteiger partial charge >= 0.3 is 10.8 Å². The summed E-state index contributed by atoms with van der Waals surface area (Å²) in [6.07, 6.45) is 0.633. The lowest BCUT2D eigenvalue weighted by Gasteiger charge is -2.43. The lowest BCUT2D eigenvalue weighted by Crippen LogP contribution is -2.49. The van der Waals surface area contributed by atoms with Crippen molar-refractivity contribution in [1.82, 2.24) is 9.88 Å². The molecule has 2 aliphatic carbocycles. The number of carbonyl (C=O) groups excluding carboxylic acids is 3. The molecular weight excluding hydrogens is 681 g/mol. The molecule has 2 saturated carbocycles. The maximum absolute atomic E-state index is 13.9. The maximum Gasteiger partial charge on any atom is 0.327 e. The first-order chi connectivity index (χ1) is 22.8. The molecule has 3 heterocycles. The lowest BCUT2D eigenvalue weighted by atomic mass is 9.68. The average molecular weight is 713 g/mol. The summed E-state index contributed by atoms with van der Waals surface area (Å²) < 4.78 is 29.2. The molecule has 7 unspecified atom stereocenters. The number of likely N-dealkylation sites (tertiary alicyclic amines) is 1. The fraction of sp³-hybridized carbons (Fsp3) is 0.406. The third kappa shape index (κ3) is 5.25. The highest BCUT2D eigenvalue weighted by Crippen LogP contribution is 2.69. The minimum absolute atomic E-state index is 0.0917. The third-order valence-electron chi connectivity index (χ3n) is 10.0. The molecule has 8 atom stereocenters. The summed E-state index contributed by atoms with van der Waals surface area (Å²) in [5, 5.41) is 18.4. The van der Waals surface area contributed by atoms with E-state index in [0.29, 0.717) is 22.9 Å². The first-order valence-corrected chi connectivity index (χ1v) is 18.6. The molecule has 16 heteroatoms. The molecule has 2 aliphatic heterocycles. The molecule has 3 aromatic rings. The first-order valence-electron chi connectivity index (χ1n) is 15.4. The molecular formula is C32H32N4O9S3. The number of rotatable bonds is 9. The number of nitrogens with two attached hydrogens (primary N) is 1. The van der Waals surface area contributed by atoms with Crippen LogP contribution in [0.1, 0.15) is 36.6 Å². The summed E-state index contributed by atoms with van der Waals surface area (Å²) in [6.45, 7) is 3.00. The highest BCUT2D eigenvalue weighted by molar-refractivity contribution is 8.00. The highest BCUT2D eigenvalue weighted by atomic mass is 32.2. The number of thiazole rings is 1. The summed E-state index contributed by atoms with van der Waals surface area (Å²) in [6, 6.07) is 11.4. The molecule has 5 N–H and O–H groups in total. The molecule has 252 valence electrons. The van der Waals surface area contributed by atoms with Crippen molar-refractivity contribution in [2.75, 3.05) is 11.9 Å². The summed E-state index contributed by atoms with van der Waals surface area (Å²) in [4.78, 5) is 69.9. The van der Waals surface area contributed by atoms with E-state index in [9.17, 15) is 37.5 Å². The van der Waals surface area contributed by atoms with Crippen LogP contribution >= 0.6 is 23.1 Å². The number of nitrogens with zero attached hydrogens (tertiary/aromatic N) is 1. The number of carboxylic acid groups (broad SMARTS) is 1. The van der Waals surface area contributed by atoms with Gasteiger partial charge in [-0.3, -0.25) is 24.1 Å². The zero-order valence-corrected chi connectivity index (χ0v) is 28.1. The molecule has 1 aromatic heterocycles. The minimum Gasteiger partial charge on any atom is -0.483 e. The van der Waals surface area contributed by atoms with Crippen LogP contribution in [0.3, 0.4) is 0 Å². The van der Waals surface area contributed by atoms with Crippen molar-refractivity contribution in [3.05, 3.63) is 68.6 Å². The Morgan fingerprint density at radius 2 is 1.73 bits per heavy atom. The van der Waals surface area contributed by atoms with Gasteiger partial charge in [0.25, 0.3) is 5.91 Å². The molecule has 2 bridgehead atoms. The van der Waals surface area contributed by atoms with Gasteiger partial charge in [0, 0.05) is 27.3 Å². The van der Waals surface area contributed by atoms with Crippen LogP contribution in [-0.2, 0) is 29.2 Å². The van der Waals surface area contributed by atoms with Gasteiger partial charge in [0.2, 0.25) is 21.8 Å². The number of primary sulfonamides is 1. The number of nitrogens with one attached hydrogen (secondary N) is 2. The number of benzene rings is 2. The van der Waals surface area contributed by atoms with Crippen molar-refractivity contribution in [2.45, 2.75) is 47.4 Å². The Labute approximate surface area is 283 Å². The molecule has 48 heavy (non-hydrogen) atoms. The van der Waals surface area contributed by atoms with E-state index in [1.165, 1.54) is 36.0 Å². The number of carbonyl (C=O) groups is 4. The molecule has 0 spiro atoms. The van der Waals surface area contributed by atoms with Gasteiger partial charge in [-0.25, -0.2) is 18.4 Å². The standard InChI is InChI=1S/C32H32N4O9S3/c1-13(2)25(31(40)41)36-29(38)23-17-11-18(24(23)30(36)39)26-22(17)21(27-28(46-26)35-32(42)47-27)16-5-3-4-6-19(16)45-12-20(37)34-14-7-9-15(10-8-14)48(33,43)44/h3-10,13,17-18,21-26H,11-12H2,1-2H3,(H,34,37)(H,35,42)(H,40,41)(H2,33,43,44)/t17?,18?,21-,22?,23?,24?,25?,26?/m1/s1. The van der Waals surface area contributed by atoms with Crippen molar-refractivity contribution in [3.63, 3.8) is 0 Å². The van der Waals surface area contributed by atoms with Crippen molar-refractivity contribution in [1.29, 1.82) is 0 Å². The Morgan fingerprint density at radius 1 is 1.06 bits per heavy atom. The molecule has 2 aromatic carbocycles. The third-order valence-corrected chi connectivity index (χ3v) is 13.5. The second-order valence-corrected chi connectivity index (χ2v) is 16.7. The number of para-hydroxylation sites is 1. The molecule has 13 nitrogen and oxygen atoms in total. The number of thioether (sulfide) groups is 1. The van der Waals surface area contributed by atoms with Crippen LogP contribution in [-0.4, -0.2) is 65.0 Å². The van der Waals surface area contributed by atoms with E-state index in [1.54, 1.807) is 26.0 Å². The number of hydrogen-bond donors (Lipinski definition) is 4. The lowest BCUT2D eigenvalue weighted by molar-refractivity contribution is -0.157. The summed E-state index contributed by atoms with van der Waals surface area (Å²) in [5.74, 6) is -4.82. The Balaban J connectivity index is 1.18. The number of anilines is 1.